The summed E-state index contributed by atoms with van der Waals surface area (Å²) in [5.74, 6) is 0. The Morgan fingerprint density at radius 1 is 0.810 bits per heavy atom. The number of hydrogen-bond donors (Lipinski definition) is 0. The van der Waals surface area contributed by atoms with E-state index in [1.165, 1.54) is 0 Å². The zero-order valence-corrected chi connectivity index (χ0v) is 14.2. The van der Waals surface area contributed by atoms with E-state index in [2.05, 4.69) is 0 Å². The number of rotatable bonds is 3. The molecule has 2 rings (SSSR count). The van der Waals surface area contributed by atoms with E-state index < -0.39 is 7.80 Å². The second-order valence-corrected chi connectivity index (χ2v) is 7.40. The van der Waals surface area contributed by atoms with Crippen LogP contribution in [0.3, 0.4) is 0 Å². The Balaban J connectivity index is 2.50. The first-order chi connectivity index (χ1) is 9.81. The van der Waals surface area contributed by atoms with Gasteiger partial charge in [-0.15, -0.1) is 0 Å². The minimum atomic E-state index is -2.50. The Bertz CT molecular complexity index is 722. The SMILES string of the molecule is Cc1cc(C)c(C(=O)[PH](=O)c2cc(C)ccc2C)c(C)c1. The molecule has 0 saturated heterocycles. The largest absolute Gasteiger partial charge is 0.313 e. The van der Waals surface area contributed by atoms with Gasteiger partial charge in [-0.2, -0.15) is 0 Å². The molecule has 0 N–H and O–H groups in total. The summed E-state index contributed by atoms with van der Waals surface area (Å²) in [6.07, 6.45) is 0. The molecule has 110 valence electrons. The van der Waals surface area contributed by atoms with Crippen LogP contribution in [0, 0.1) is 34.6 Å². The summed E-state index contributed by atoms with van der Waals surface area (Å²) < 4.78 is 12.7. The molecule has 0 radical (unpaired) electrons. The van der Waals surface area contributed by atoms with Gasteiger partial charge in [0.1, 0.15) is 0 Å². The van der Waals surface area contributed by atoms with Crippen molar-refractivity contribution in [3.63, 3.8) is 0 Å². The van der Waals surface area contributed by atoms with E-state index in [0.717, 1.165) is 27.8 Å². The van der Waals surface area contributed by atoms with E-state index in [9.17, 15) is 9.36 Å². The van der Waals surface area contributed by atoms with Crippen LogP contribution in [0.2, 0.25) is 0 Å². The van der Waals surface area contributed by atoms with Gasteiger partial charge >= 0.3 is 0 Å². The molecule has 1 unspecified atom stereocenters. The van der Waals surface area contributed by atoms with E-state index in [1.807, 2.05) is 65.0 Å². The van der Waals surface area contributed by atoms with Gasteiger partial charge in [0.2, 0.25) is 5.52 Å². The summed E-state index contributed by atoms with van der Waals surface area (Å²) in [5.41, 5.74) is 5.25. The fourth-order valence-corrected chi connectivity index (χ4v) is 4.42. The number of hydrogen-bond acceptors (Lipinski definition) is 2. The first kappa shape index (κ1) is 15.7. The van der Waals surface area contributed by atoms with Gasteiger partial charge in [-0.1, -0.05) is 35.4 Å². The maximum Gasteiger partial charge on any atom is 0.223 e. The van der Waals surface area contributed by atoms with Crippen molar-refractivity contribution in [2.75, 3.05) is 0 Å². The molecule has 0 saturated carbocycles. The molecule has 2 aromatic rings. The minimum absolute atomic E-state index is 0.233. The van der Waals surface area contributed by atoms with Gasteiger partial charge in [-0.05, 0) is 57.4 Å². The number of aryl methyl sites for hydroxylation is 5. The first-order valence-electron chi connectivity index (χ1n) is 7.05. The summed E-state index contributed by atoms with van der Waals surface area (Å²) in [7, 11) is -2.50. The number of benzene rings is 2. The lowest BCUT2D eigenvalue weighted by Crippen LogP contribution is -2.10. The molecular formula is C18H21O2P. The fraction of sp³-hybridized carbons (Fsp3) is 0.278. The van der Waals surface area contributed by atoms with E-state index in [-0.39, 0.29) is 5.52 Å². The molecule has 0 heterocycles. The Morgan fingerprint density at radius 3 is 1.95 bits per heavy atom. The van der Waals surface area contributed by atoms with Gasteiger partial charge in [-0.3, -0.25) is 4.79 Å². The van der Waals surface area contributed by atoms with Crippen molar-refractivity contribution in [1.82, 2.24) is 0 Å². The van der Waals surface area contributed by atoms with Gasteiger partial charge in [0.15, 0.2) is 7.80 Å². The zero-order chi connectivity index (χ0) is 15.7. The van der Waals surface area contributed by atoms with Crippen molar-refractivity contribution >= 4 is 18.6 Å². The van der Waals surface area contributed by atoms with E-state index in [1.54, 1.807) is 0 Å². The highest BCUT2D eigenvalue weighted by molar-refractivity contribution is 7.71. The molecule has 0 amide bonds. The highest BCUT2D eigenvalue weighted by Gasteiger charge is 2.21. The van der Waals surface area contributed by atoms with Crippen molar-refractivity contribution < 1.29 is 9.36 Å². The topological polar surface area (TPSA) is 34.1 Å². The second kappa shape index (κ2) is 5.99. The van der Waals surface area contributed by atoms with E-state index in [4.69, 9.17) is 0 Å². The molecule has 0 aromatic heterocycles. The van der Waals surface area contributed by atoms with E-state index >= 15 is 0 Å². The standard InChI is InChI=1S/C18H21O2P/c1-11-6-7-13(3)16(10-11)21(20)18(19)17-14(4)8-12(2)9-15(17)5/h6-10,21H,1-5H3. The summed E-state index contributed by atoms with van der Waals surface area (Å²) in [5, 5.41) is 0.685. The Hall–Kier alpha value is -1.66. The summed E-state index contributed by atoms with van der Waals surface area (Å²) in [4.78, 5) is 12.7. The van der Waals surface area contributed by atoms with Crippen LogP contribution in [0.25, 0.3) is 0 Å². The third-order valence-electron chi connectivity index (χ3n) is 3.75. The van der Waals surface area contributed by atoms with Crippen LogP contribution in [-0.4, -0.2) is 5.52 Å². The lowest BCUT2D eigenvalue weighted by atomic mass is 10.0. The van der Waals surface area contributed by atoms with Crippen LogP contribution in [0.4, 0.5) is 0 Å². The third-order valence-corrected chi connectivity index (χ3v) is 5.44. The molecule has 0 bridgehead atoms. The van der Waals surface area contributed by atoms with Crippen molar-refractivity contribution in [3.05, 3.63) is 63.7 Å². The minimum Gasteiger partial charge on any atom is -0.313 e. The Labute approximate surface area is 127 Å². The van der Waals surface area contributed by atoms with Crippen molar-refractivity contribution in [1.29, 1.82) is 0 Å². The van der Waals surface area contributed by atoms with Crippen LogP contribution in [-0.2, 0) is 4.57 Å². The summed E-state index contributed by atoms with van der Waals surface area (Å²) in [6, 6.07) is 9.71. The van der Waals surface area contributed by atoms with Crippen molar-refractivity contribution in [2.24, 2.45) is 0 Å². The molecule has 2 nitrogen and oxygen atoms in total. The summed E-state index contributed by atoms with van der Waals surface area (Å²) >= 11 is 0. The Kier molecular flexibility index (Phi) is 4.49. The maximum absolute atomic E-state index is 12.7. The summed E-state index contributed by atoms with van der Waals surface area (Å²) in [6.45, 7) is 9.67. The Morgan fingerprint density at radius 2 is 1.38 bits per heavy atom. The predicted octanol–water partition coefficient (Wildman–Crippen LogP) is 4.25. The lowest BCUT2D eigenvalue weighted by molar-refractivity contribution is 0.107. The molecule has 0 aliphatic heterocycles. The lowest BCUT2D eigenvalue weighted by Gasteiger charge is -2.12. The van der Waals surface area contributed by atoms with Crippen molar-refractivity contribution in [2.45, 2.75) is 34.6 Å². The van der Waals surface area contributed by atoms with Gasteiger partial charge in [0, 0.05) is 10.9 Å². The van der Waals surface area contributed by atoms with Gasteiger partial charge in [0.25, 0.3) is 0 Å². The smallest absolute Gasteiger partial charge is 0.223 e. The number of carbonyl (C=O) groups is 1. The second-order valence-electron chi connectivity index (χ2n) is 5.75. The molecule has 0 aliphatic carbocycles. The van der Waals surface area contributed by atoms with E-state index in [0.29, 0.717) is 10.9 Å². The molecule has 0 spiro atoms. The zero-order valence-electron chi connectivity index (χ0n) is 13.2. The van der Waals surface area contributed by atoms with Gasteiger partial charge in [-0.25, -0.2) is 0 Å². The monoisotopic (exact) mass is 300 g/mol. The quantitative estimate of drug-likeness (QED) is 0.794. The van der Waals surface area contributed by atoms with Crippen molar-refractivity contribution in [3.8, 4) is 0 Å². The predicted molar refractivity (Wildman–Crippen MR) is 89.5 cm³/mol. The molecule has 0 fully saturated rings. The number of carbonyl (C=O) groups excluding carboxylic acids is 1. The first-order valence-corrected chi connectivity index (χ1v) is 8.46. The van der Waals surface area contributed by atoms with Gasteiger partial charge < -0.3 is 4.57 Å². The highest BCUT2D eigenvalue weighted by Crippen LogP contribution is 2.31. The molecule has 3 heteroatoms. The highest BCUT2D eigenvalue weighted by atomic mass is 31.1. The molecule has 2 aromatic carbocycles. The molecular weight excluding hydrogens is 279 g/mol. The van der Waals surface area contributed by atoms with Crippen LogP contribution < -0.4 is 5.30 Å². The van der Waals surface area contributed by atoms with Crippen LogP contribution >= 0.6 is 7.80 Å². The molecule has 1 atom stereocenters. The van der Waals surface area contributed by atoms with Gasteiger partial charge in [0.05, 0.1) is 0 Å². The maximum atomic E-state index is 12.7. The van der Waals surface area contributed by atoms with Crippen LogP contribution in [0.5, 0.6) is 0 Å². The average Bonchev–Trinajstić information content (AvgIpc) is 2.39. The molecule has 21 heavy (non-hydrogen) atoms. The normalized spacial score (nSPS) is 12.2. The van der Waals surface area contributed by atoms with Crippen LogP contribution in [0.15, 0.2) is 30.3 Å². The average molecular weight is 300 g/mol. The third kappa shape index (κ3) is 3.16. The molecule has 0 aliphatic rings. The fourth-order valence-electron chi connectivity index (χ4n) is 2.75. The van der Waals surface area contributed by atoms with Crippen LogP contribution in [0.1, 0.15) is 38.2 Å².